The summed E-state index contributed by atoms with van der Waals surface area (Å²) >= 11 is 0. The van der Waals surface area contributed by atoms with Crippen molar-refractivity contribution in [3.8, 4) is 0 Å². The Hall–Kier alpha value is -1.77. The monoisotopic (exact) mass is 215 g/mol. The van der Waals surface area contributed by atoms with Gasteiger partial charge in [0.1, 0.15) is 5.82 Å². The fourth-order valence-corrected chi connectivity index (χ4v) is 1.81. The number of nitrogen functional groups attached to an aromatic ring is 1. The van der Waals surface area contributed by atoms with Gasteiger partial charge in [0.15, 0.2) is 0 Å². The molecule has 3 nitrogen and oxygen atoms in total. The summed E-state index contributed by atoms with van der Waals surface area (Å²) in [6.45, 7) is 2.99. The number of nitrogens with zero attached hydrogens (tertiary/aromatic N) is 2. The van der Waals surface area contributed by atoms with Gasteiger partial charge in [-0.25, -0.2) is 4.98 Å². The Balaban J connectivity index is 2.11. The Kier molecular flexibility index (Phi) is 3.25. The first-order valence-corrected chi connectivity index (χ1v) is 5.63. The lowest BCUT2D eigenvalue weighted by Crippen LogP contribution is -2.02. The number of rotatable bonds is 4. The van der Waals surface area contributed by atoms with Crippen LogP contribution in [0, 0.1) is 0 Å². The van der Waals surface area contributed by atoms with E-state index < -0.39 is 0 Å². The average molecular weight is 215 g/mol. The maximum absolute atomic E-state index is 5.81. The van der Waals surface area contributed by atoms with Crippen LogP contribution >= 0.6 is 0 Å². The van der Waals surface area contributed by atoms with E-state index in [1.54, 1.807) is 6.20 Å². The van der Waals surface area contributed by atoms with Crippen molar-refractivity contribution in [2.75, 3.05) is 5.73 Å². The summed E-state index contributed by atoms with van der Waals surface area (Å²) in [5.74, 6) is 0.619. The highest BCUT2D eigenvalue weighted by Crippen LogP contribution is 2.11. The fraction of sp³-hybridized carbons (Fsp3) is 0.308. The molecule has 3 heteroatoms. The summed E-state index contributed by atoms with van der Waals surface area (Å²) in [6.07, 6.45) is 8.30. The first-order chi connectivity index (χ1) is 7.79. The summed E-state index contributed by atoms with van der Waals surface area (Å²) in [6, 6.07) is 6.10. The smallest absolute Gasteiger partial charge is 0.128 e. The van der Waals surface area contributed by atoms with Crippen LogP contribution in [-0.2, 0) is 13.0 Å². The number of aromatic nitrogens is 2. The van der Waals surface area contributed by atoms with Crippen LogP contribution in [0.5, 0.6) is 0 Å². The average Bonchev–Trinajstić information content (AvgIpc) is 2.70. The van der Waals surface area contributed by atoms with Crippen molar-refractivity contribution in [3.63, 3.8) is 0 Å². The lowest BCUT2D eigenvalue weighted by atomic mass is 10.2. The zero-order chi connectivity index (χ0) is 11.4. The molecule has 0 aromatic carbocycles. The molecule has 0 aliphatic rings. The van der Waals surface area contributed by atoms with Gasteiger partial charge in [-0.05, 0) is 24.1 Å². The Labute approximate surface area is 95.9 Å². The van der Waals surface area contributed by atoms with Crippen LogP contribution in [0.3, 0.4) is 0 Å². The zero-order valence-corrected chi connectivity index (χ0v) is 9.56. The summed E-state index contributed by atoms with van der Waals surface area (Å²) < 4.78 is 2.15. The Morgan fingerprint density at radius 3 is 3.00 bits per heavy atom. The molecule has 0 saturated carbocycles. The number of aryl methyl sites for hydroxylation is 1. The third kappa shape index (κ3) is 2.42. The molecular weight excluding hydrogens is 198 g/mol. The highest BCUT2D eigenvalue weighted by molar-refractivity contribution is 5.38. The lowest BCUT2D eigenvalue weighted by molar-refractivity contribution is 0.797. The second-order valence-corrected chi connectivity index (χ2v) is 3.99. The van der Waals surface area contributed by atoms with E-state index >= 15 is 0 Å². The summed E-state index contributed by atoms with van der Waals surface area (Å²) in [7, 11) is 0. The molecule has 16 heavy (non-hydrogen) atoms. The van der Waals surface area contributed by atoms with Crippen LogP contribution in [0.2, 0.25) is 0 Å². The predicted molar refractivity (Wildman–Crippen MR) is 66.2 cm³/mol. The maximum Gasteiger partial charge on any atom is 0.128 e. The highest BCUT2D eigenvalue weighted by Gasteiger charge is 2.01. The molecule has 2 heterocycles. The molecule has 0 amide bonds. The molecule has 2 rings (SSSR count). The minimum atomic E-state index is 0.619. The van der Waals surface area contributed by atoms with Gasteiger partial charge in [0, 0.05) is 24.2 Å². The first kappa shape index (κ1) is 10.7. The van der Waals surface area contributed by atoms with Crippen molar-refractivity contribution in [2.45, 2.75) is 26.3 Å². The topological polar surface area (TPSA) is 43.8 Å². The van der Waals surface area contributed by atoms with Gasteiger partial charge in [-0.3, -0.25) is 0 Å². The van der Waals surface area contributed by atoms with Crippen LogP contribution in [0.15, 0.2) is 36.8 Å². The third-order valence-corrected chi connectivity index (χ3v) is 2.63. The molecule has 0 bridgehead atoms. The van der Waals surface area contributed by atoms with E-state index in [-0.39, 0.29) is 0 Å². The number of nitrogens with two attached hydrogens (primary N) is 1. The molecule has 0 aliphatic carbocycles. The SMILES string of the molecule is CCCc1ccn(Cc2cccnc2N)c1. The van der Waals surface area contributed by atoms with Crippen LogP contribution in [-0.4, -0.2) is 9.55 Å². The molecule has 2 aromatic rings. The number of pyridine rings is 1. The van der Waals surface area contributed by atoms with E-state index in [0.717, 1.165) is 18.5 Å². The van der Waals surface area contributed by atoms with Gasteiger partial charge in [-0.1, -0.05) is 19.4 Å². The van der Waals surface area contributed by atoms with Crippen LogP contribution in [0.25, 0.3) is 0 Å². The normalized spacial score (nSPS) is 10.6. The van der Waals surface area contributed by atoms with Crippen molar-refractivity contribution >= 4 is 5.82 Å². The zero-order valence-electron chi connectivity index (χ0n) is 9.56. The van der Waals surface area contributed by atoms with Crippen LogP contribution < -0.4 is 5.73 Å². The van der Waals surface area contributed by atoms with Gasteiger partial charge in [-0.2, -0.15) is 0 Å². The minimum absolute atomic E-state index is 0.619. The van der Waals surface area contributed by atoms with Gasteiger partial charge in [-0.15, -0.1) is 0 Å². The van der Waals surface area contributed by atoms with Crippen molar-refractivity contribution in [3.05, 3.63) is 47.9 Å². The minimum Gasteiger partial charge on any atom is -0.383 e. The summed E-state index contributed by atoms with van der Waals surface area (Å²) in [5.41, 5.74) is 8.26. The second kappa shape index (κ2) is 4.84. The lowest BCUT2D eigenvalue weighted by Gasteiger charge is -2.05. The van der Waals surface area contributed by atoms with E-state index in [9.17, 15) is 0 Å². The molecule has 0 unspecified atom stereocenters. The molecule has 0 spiro atoms. The molecule has 0 aliphatic heterocycles. The van der Waals surface area contributed by atoms with Crippen molar-refractivity contribution in [1.29, 1.82) is 0 Å². The predicted octanol–water partition coefficient (Wildman–Crippen LogP) is 2.47. The van der Waals surface area contributed by atoms with Gasteiger partial charge in [0.25, 0.3) is 0 Å². The van der Waals surface area contributed by atoms with Crippen molar-refractivity contribution in [1.82, 2.24) is 9.55 Å². The van der Waals surface area contributed by atoms with E-state index in [1.165, 1.54) is 12.0 Å². The summed E-state index contributed by atoms with van der Waals surface area (Å²) in [4.78, 5) is 4.08. The molecule has 84 valence electrons. The molecule has 0 radical (unpaired) electrons. The molecule has 0 saturated heterocycles. The largest absolute Gasteiger partial charge is 0.383 e. The quantitative estimate of drug-likeness (QED) is 0.851. The third-order valence-electron chi connectivity index (χ3n) is 2.63. The van der Waals surface area contributed by atoms with E-state index in [0.29, 0.717) is 5.82 Å². The van der Waals surface area contributed by atoms with Gasteiger partial charge in [0.2, 0.25) is 0 Å². The van der Waals surface area contributed by atoms with Gasteiger partial charge >= 0.3 is 0 Å². The first-order valence-electron chi connectivity index (χ1n) is 5.63. The van der Waals surface area contributed by atoms with Gasteiger partial charge < -0.3 is 10.3 Å². The highest BCUT2D eigenvalue weighted by atomic mass is 14.9. The van der Waals surface area contributed by atoms with Crippen LogP contribution in [0.4, 0.5) is 5.82 Å². The van der Waals surface area contributed by atoms with Crippen molar-refractivity contribution < 1.29 is 0 Å². The number of hydrogen-bond donors (Lipinski definition) is 1. The number of hydrogen-bond acceptors (Lipinski definition) is 2. The Morgan fingerprint density at radius 1 is 1.38 bits per heavy atom. The molecule has 0 fully saturated rings. The van der Waals surface area contributed by atoms with Crippen LogP contribution in [0.1, 0.15) is 24.5 Å². The molecular formula is C13H17N3. The number of anilines is 1. The molecule has 2 N–H and O–H groups in total. The van der Waals surface area contributed by atoms with E-state index in [2.05, 4.69) is 34.9 Å². The van der Waals surface area contributed by atoms with Gasteiger partial charge in [0.05, 0.1) is 6.54 Å². The second-order valence-electron chi connectivity index (χ2n) is 3.99. The van der Waals surface area contributed by atoms with E-state index in [1.807, 2.05) is 12.1 Å². The summed E-state index contributed by atoms with van der Waals surface area (Å²) in [5, 5.41) is 0. The fourth-order valence-electron chi connectivity index (χ4n) is 1.81. The standard InChI is InChI=1S/C13H17N3/c1-2-4-11-6-8-16(9-11)10-12-5-3-7-15-13(12)14/h3,5-9H,2,4,10H2,1H3,(H2,14,15). The maximum atomic E-state index is 5.81. The molecule has 2 aromatic heterocycles. The van der Waals surface area contributed by atoms with E-state index in [4.69, 9.17) is 5.73 Å². The Morgan fingerprint density at radius 2 is 2.25 bits per heavy atom. The Bertz CT molecular complexity index is 460. The van der Waals surface area contributed by atoms with Crippen molar-refractivity contribution in [2.24, 2.45) is 0 Å². The molecule has 0 atom stereocenters.